The molecule has 0 saturated heterocycles. The highest BCUT2D eigenvalue weighted by molar-refractivity contribution is 7.18. The highest BCUT2D eigenvalue weighted by Crippen LogP contribution is 2.33. The molecule has 0 amide bonds. The standard InChI is InChI=1S/C11H11NO2S/c13-10-9-7-4-2-1-3-5-8(7)15-11(9)14-6-12-10/h6H,1-5H2. The summed E-state index contributed by atoms with van der Waals surface area (Å²) in [5, 5.41) is 0.736. The van der Waals surface area contributed by atoms with Crippen LogP contribution in [0.1, 0.15) is 29.7 Å². The molecule has 0 unspecified atom stereocenters. The Kier molecular flexibility index (Phi) is 2.09. The smallest absolute Gasteiger partial charge is 0.284 e. The van der Waals surface area contributed by atoms with Crippen molar-refractivity contribution in [3.05, 3.63) is 27.2 Å². The van der Waals surface area contributed by atoms with Crippen molar-refractivity contribution in [3.63, 3.8) is 0 Å². The number of nitrogens with zero attached hydrogens (tertiary/aromatic N) is 1. The van der Waals surface area contributed by atoms with E-state index in [-0.39, 0.29) is 5.56 Å². The SMILES string of the molecule is O=c1ncoc2sc3c(c12)CCCCC3. The summed E-state index contributed by atoms with van der Waals surface area (Å²) in [7, 11) is 0. The molecular weight excluding hydrogens is 210 g/mol. The normalized spacial score (nSPS) is 16.3. The van der Waals surface area contributed by atoms with Crippen molar-refractivity contribution in [2.24, 2.45) is 0 Å². The predicted molar refractivity (Wildman–Crippen MR) is 59.4 cm³/mol. The molecule has 0 saturated carbocycles. The molecule has 0 N–H and O–H groups in total. The minimum Gasteiger partial charge on any atom is -0.434 e. The Morgan fingerprint density at radius 1 is 1.27 bits per heavy atom. The van der Waals surface area contributed by atoms with Crippen molar-refractivity contribution in [2.45, 2.75) is 32.1 Å². The van der Waals surface area contributed by atoms with Gasteiger partial charge in [0.05, 0.1) is 5.39 Å². The van der Waals surface area contributed by atoms with Crippen molar-refractivity contribution in [2.75, 3.05) is 0 Å². The zero-order valence-electron chi connectivity index (χ0n) is 8.28. The van der Waals surface area contributed by atoms with E-state index in [1.165, 1.54) is 36.1 Å². The number of rotatable bonds is 0. The summed E-state index contributed by atoms with van der Waals surface area (Å²) in [6.45, 7) is 0. The summed E-state index contributed by atoms with van der Waals surface area (Å²) in [5.74, 6) is 0. The second kappa shape index (κ2) is 3.45. The molecule has 0 aliphatic heterocycles. The van der Waals surface area contributed by atoms with Crippen LogP contribution in [0.15, 0.2) is 15.6 Å². The fraction of sp³-hybridized carbons (Fsp3) is 0.455. The fourth-order valence-electron chi connectivity index (χ4n) is 2.20. The average Bonchev–Trinajstić information content (AvgIpc) is 2.43. The summed E-state index contributed by atoms with van der Waals surface area (Å²) in [6.07, 6.45) is 7.00. The van der Waals surface area contributed by atoms with Crippen molar-refractivity contribution >= 4 is 21.6 Å². The van der Waals surface area contributed by atoms with Crippen LogP contribution < -0.4 is 5.56 Å². The lowest BCUT2D eigenvalue weighted by molar-refractivity contribution is 0.583. The molecule has 2 heterocycles. The summed E-state index contributed by atoms with van der Waals surface area (Å²) in [6, 6.07) is 0. The Morgan fingerprint density at radius 3 is 3.07 bits per heavy atom. The van der Waals surface area contributed by atoms with Gasteiger partial charge >= 0.3 is 0 Å². The molecule has 0 bridgehead atoms. The number of aryl methyl sites for hydroxylation is 2. The minimum absolute atomic E-state index is 0.129. The van der Waals surface area contributed by atoms with Crippen molar-refractivity contribution < 1.29 is 4.42 Å². The van der Waals surface area contributed by atoms with Gasteiger partial charge in [-0.3, -0.25) is 4.79 Å². The van der Waals surface area contributed by atoms with Crippen LogP contribution in [-0.2, 0) is 12.8 Å². The minimum atomic E-state index is -0.129. The molecule has 4 heteroatoms. The summed E-state index contributed by atoms with van der Waals surface area (Å²) >= 11 is 1.62. The predicted octanol–water partition coefficient (Wildman–Crippen LogP) is 2.52. The van der Waals surface area contributed by atoms with Crippen molar-refractivity contribution in [1.82, 2.24) is 4.98 Å². The van der Waals surface area contributed by atoms with Gasteiger partial charge in [0.25, 0.3) is 5.56 Å². The Bertz CT molecular complexity index is 555. The van der Waals surface area contributed by atoms with Crippen LogP contribution in [0.2, 0.25) is 0 Å². The van der Waals surface area contributed by atoms with Gasteiger partial charge in [0.2, 0.25) is 0 Å². The van der Waals surface area contributed by atoms with Crippen LogP contribution in [0.4, 0.5) is 0 Å². The zero-order chi connectivity index (χ0) is 10.3. The van der Waals surface area contributed by atoms with Crippen LogP contribution in [0, 0.1) is 0 Å². The molecule has 0 radical (unpaired) electrons. The second-order valence-corrected chi connectivity index (χ2v) is 4.95. The maximum atomic E-state index is 11.7. The average molecular weight is 221 g/mol. The third kappa shape index (κ3) is 1.40. The number of hydrogen-bond donors (Lipinski definition) is 0. The molecule has 2 aromatic heterocycles. The van der Waals surface area contributed by atoms with Gasteiger partial charge < -0.3 is 4.42 Å². The van der Waals surface area contributed by atoms with Crippen LogP contribution in [0.25, 0.3) is 10.3 Å². The highest BCUT2D eigenvalue weighted by atomic mass is 32.1. The highest BCUT2D eigenvalue weighted by Gasteiger charge is 2.18. The van der Waals surface area contributed by atoms with Gasteiger partial charge in [-0.2, -0.15) is 4.98 Å². The lowest BCUT2D eigenvalue weighted by Crippen LogP contribution is -2.05. The largest absolute Gasteiger partial charge is 0.434 e. The van der Waals surface area contributed by atoms with E-state index in [4.69, 9.17) is 4.42 Å². The molecule has 1 aliphatic carbocycles. The maximum Gasteiger partial charge on any atom is 0.284 e. The van der Waals surface area contributed by atoms with Crippen LogP contribution >= 0.6 is 11.3 Å². The van der Waals surface area contributed by atoms with E-state index in [2.05, 4.69) is 4.98 Å². The Morgan fingerprint density at radius 2 is 2.13 bits per heavy atom. The third-order valence-electron chi connectivity index (χ3n) is 2.93. The summed E-state index contributed by atoms with van der Waals surface area (Å²) in [4.78, 5) is 17.4. The van der Waals surface area contributed by atoms with E-state index in [1.54, 1.807) is 11.3 Å². The van der Waals surface area contributed by atoms with Gasteiger partial charge in [0.1, 0.15) is 0 Å². The Labute approximate surface area is 90.8 Å². The number of hydrogen-bond acceptors (Lipinski definition) is 4. The number of thiophene rings is 1. The van der Waals surface area contributed by atoms with Gasteiger partial charge in [-0.05, 0) is 31.2 Å². The van der Waals surface area contributed by atoms with Crippen molar-refractivity contribution in [1.29, 1.82) is 0 Å². The van der Waals surface area contributed by atoms with Gasteiger partial charge in [-0.15, -0.1) is 11.3 Å². The molecular formula is C11H11NO2S. The van der Waals surface area contributed by atoms with E-state index in [0.29, 0.717) is 0 Å². The fourth-order valence-corrected chi connectivity index (χ4v) is 3.40. The van der Waals surface area contributed by atoms with E-state index < -0.39 is 0 Å². The monoisotopic (exact) mass is 221 g/mol. The quantitative estimate of drug-likeness (QED) is 0.642. The lowest BCUT2D eigenvalue weighted by Gasteiger charge is -1.95. The first-order chi connectivity index (χ1) is 7.36. The van der Waals surface area contributed by atoms with E-state index >= 15 is 0 Å². The van der Waals surface area contributed by atoms with Crippen LogP contribution in [-0.4, -0.2) is 4.98 Å². The van der Waals surface area contributed by atoms with Gasteiger partial charge in [0, 0.05) is 4.88 Å². The molecule has 78 valence electrons. The third-order valence-corrected chi connectivity index (χ3v) is 4.12. The van der Waals surface area contributed by atoms with Crippen molar-refractivity contribution in [3.8, 4) is 0 Å². The molecule has 3 rings (SSSR count). The molecule has 15 heavy (non-hydrogen) atoms. The first-order valence-electron chi connectivity index (χ1n) is 5.24. The molecule has 0 aromatic carbocycles. The van der Waals surface area contributed by atoms with Gasteiger partial charge in [-0.25, -0.2) is 0 Å². The topological polar surface area (TPSA) is 43.1 Å². The lowest BCUT2D eigenvalue weighted by atomic mass is 10.1. The zero-order valence-corrected chi connectivity index (χ0v) is 9.10. The first-order valence-corrected chi connectivity index (χ1v) is 6.06. The van der Waals surface area contributed by atoms with E-state index in [1.807, 2.05) is 0 Å². The van der Waals surface area contributed by atoms with E-state index in [0.717, 1.165) is 23.1 Å². The van der Waals surface area contributed by atoms with E-state index in [9.17, 15) is 4.79 Å². The molecule has 2 aromatic rings. The van der Waals surface area contributed by atoms with Gasteiger partial charge in [0.15, 0.2) is 11.3 Å². The first kappa shape index (κ1) is 9.09. The van der Waals surface area contributed by atoms with Crippen LogP contribution in [0.3, 0.4) is 0 Å². The summed E-state index contributed by atoms with van der Waals surface area (Å²) in [5.41, 5.74) is 1.07. The van der Waals surface area contributed by atoms with Crippen LogP contribution in [0.5, 0.6) is 0 Å². The second-order valence-electron chi connectivity index (χ2n) is 3.88. The Balaban J connectivity index is 2.34. The molecule has 3 nitrogen and oxygen atoms in total. The number of aromatic nitrogens is 1. The molecule has 1 aliphatic rings. The Hall–Kier alpha value is -1.16. The summed E-state index contributed by atoms with van der Waals surface area (Å²) < 4.78 is 5.29. The molecule has 0 atom stereocenters. The molecule has 0 fully saturated rings. The van der Waals surface area contributed by atoms with Gasteiger partial charge in [-0.1, -0.05) is 6.42 Å². The maximum absolute atomic E-state index is 11.7. The number of fused-ring (bicyclic) bond motifs is 3. The molecule has 0 spiro atoms.